The molecule has 0 aliphatic rings. The molecular formula is C18H11NO6. The van der Waals surface area contributed by atoms with Crippen LogP contribution < -0.4 is 10.6 Å². The van der Waals surface area contributed by atoms with Crippen molar-refractivity contribution in [3.05, 3.63) is 92.4 Å². The summed E-state index contributed by atoms with van der Waals surface area (Å²) in [6.45, 7) is -0.0659. The van der Waals surface area contributed by atoms with Crippen LogP contribution in [0.25, 0.3) is 0 Å². The third-order valence-corrected chi connectivity index (χ3v) is 3.16. The van der Waals surface area contributed by atoms with Crippen LogP contribution >= 0.6 is 0 Å². The number of rotatable bonds is 4. The summed E-state index contributed by atoms with van der Waals surface area (Å²) in [6.07, 6.45) is 1.14. The van der Waals surface area contributed by atoms with Gasteiger partial charge in [0.05, 0.1) is 10.5 Å². The Labute approximate surface area is 141 Å². The predicted molar refractivity (Wildman–Crippen MR) is 87.1 cm³/mol. The van der Waals surface area contributed by atoms with Crippen molar-refractivity contribution in [1.29, 1.82) is 0 Å². The molecule has 0 radical (unpaired) electrons. The molecule has 7 nitrogen and oxygen atoms in total. The highest BCUT2D eigenvalue weighted by atomic mass is 16.6. The Morgan fingerprint density at radius 1 is 1.12 bits per heavy atom. The van der Waals surface area contributed by atoms with Crippen LogP contribution in [0.1, 0.15) is 16.9 Å². The molecule has 0 unspecified atom stereocenters. The molecule has 0 aliphatic carbocycles. The van der Waals surface area contributed by atoms with Gasteiger partial charge in [-0.05, 0) is 18.2 Å². The molecule has 0 aliphatic heterocycles. The summed E-state index contributed by atoms with van der Waals surface area (Å²) in [5.41, 5.74) is 1.02. The smallest absolute Gasteiger partial charge is 0.484 e. The highest BCUT2D eigenvalue weighted by Crippen LogP contribution is 2.24. The molecule has 3 rings (SSSR count). The van der Waals surface area contributed by atoms with Gasteiger partial charge in [-0.3, -0.25) is 10.1 Å². The highest BCUT2D eigenvalue weighted by molar-refractivity contribution is 5.54. The summed E-state index contributed by atoms with van der Waals surface area (Å²) in [6, 6.07) is 13.3. The fraction of sp³-hybridized carbons (Fsp3) is 0.0556. The van der Waals surface area contributed by atoms with Crippen LogP contribution in [0.2, 0.25) is 0 Å². The molecule has 1 heterocycles. The van der Waals surface area contributed by atoms with Crippen molar-refractivity contribution in [3.63, 3.8) is 0 Å². The molecule has 0 saturated carbocycles. The molecule has 25 heavy (non-hydrogen) atoms. The van der Waals surface area contributed by atoms with Gasteiger partial charge in [0, 0.05) is 17.7 Å². The predicted octanol–water partition coefficient (Wildman–Crippen LogP) is 3.12. The normalized spacial score (nSPS) is 9.92. The largest absolute Gasteiger partial charge is 0.518 e. The van der Waals surface area contributed by atoms with E-state index in [1.807, 2.05) is 30.3 Å². The third kappa shape index (κ3) is 4.14. The first-order valence-electron chi connectivity index (χ1n) is 7.17. The summed E-state index contributed by atoms with van der Waals surface area (Å²) in [4.78, 5) is 21.3. The maximum Gasteiger partial charge on any atom is 0.518 e. The average molecular weight is 337 g/mol. The minimum Gasteiger partial charge on any atom is -0.484 e. The molecule has 7 heteroatoms. The number of hydrogen-bond donors (Lipinski definition) is 0. The number of nitro benzene ring substituents is 1. The second-order valence-electron chi connectivity index (χ2n) is 4.90. The monoisotopic (exact) mass is 337 g/mol. The van der Waals surface area contributed by atoms with Gasteiger partial charge in [-0.15, -0.1) is 0 Å². The number of benzene rings is 2. The van der Waals surface area contributed by atoms with Crippen LogP contribution in [0.15, 0.2) is 68.4 Å². The Balaban J connectivity index is 1.90. The first-order valence-corrected chi connectivity index (χ1v) is 7.17. The SMILES string of the molecule is O=c1occ(COc2ccc([N+](=O)[O-])cc2C#Cc2ccccc2)o1. The van der Waals surface area contributed by atoms with E-state index < -0.39 is 10.7 Å². The van der Waals surface area contributed by atoms with Crippen molar-refractivity contribution in [2.45, 2.75) is 6.61 Å². The van der Waals surface area contributed by atoms with Crippen LogP contribution in [0, 0.1) is 22.0 Å². The molecule has 3 aromatic rings. The summed E-state index contributed by atoms with van der Waals surface area (Å²) in [5, 5.41) is 11.0. The quantitative estimate of drug-likeness (QED) is 0.412. The minimum absolute atomic E-state index is 0.0659. The second-order valence-corrected chi connectivity index (χ2v) is 4.90. The fourth-order valence-electron chi connectivity index (χ4n) is 2.00. The molecule has 0 spiro atoms. The van der Waals surface area contributed by atoms with E-state index in [1.165, 1.54) is 18.2 Å². The van der Waals surface area contributed by atoms with Crippen LogP contribution in [-0.4, -0.2) is 4.92 Å². The van der Waals surface area contributed by atoms with Gasteiger partial charge in [0.15, 0.2) is 5.76 Å². The number of ether oxygens (including phenoxy) is 1. The Bertz CT molecular complexity index is 1010. The lowest BCUT2D eigenvalue weighted by atomic mass is 10.1. The first-order chi connectivity index (χ1) is 12.1. The Hall–Kier alpha value is -3.79. The van der Waals surface area contributed by atoms with Crippen molar-refractivity contribution in [3.8, 4) is 17.6 Å². The summed E-state index contributed by atoms with van der Waals surface area (Å²) in [5.74, 6) is 5.50. The van der Waals surface area contributed by atoms with E-state index in [2.05, 4.69) is 16.3 Å². The minimum atomic E-state index is -0.827. The first kappa shape index (κ1) is 16.1. The van der Waals surface area contributed by atoms with Gasteiger partial charge in [0.2, 0.25) is 0 Å². The average Bonchev–Trinajstić information content (AvgIpc) is 3.04. The zero-order valence-electron chi connectivity index (χ0n) is 12.8. The van der Waals surface area contributed by atoms with Crippen LogP contribution in [-0.2, 0) is 6.61 Å². The Morgan fingerprint density at radius 3 is 2.60 bits per heavy atom. The fourth-order valence-corrected chi connectivity index (χ4v) is 2.00. The van der Waals surface area contributed by atoms with E-state index in [4.69, 9.17) is 9.15 Å². The van der Waals surface area contributed by atoms with E-state index >= 15 is 0 Å². The van der Waals surface area contributed by atoms with Crippen LogP contribution in [0.4, 0.5) is 5.69 Å². The zero-order valence-corrected chi connectivity index (χ0v) is 12.8. The molecule has 1 aromatic heterocycles. The van der Waals surface area contributed by atoms with E-state index in [0.717, 1.165) is 11.8 Å². The molecular weight excluding hydrogens is 326 g/mol. The highest BCUT2D eigenvalue weighted by Gasteiger charge is 2.12. The van der Waals surface area contributed by atoms with Crippen LogP contribution in [0.3, 0.4) is 0 Å². The van der Waals surface area contributed by atoms with Gasteiger partial charge in [-0.2, -0.15) is 0 Å². The molecule has 0 N–H and O–H groups in total. The van der Waals surface area contributed by atoms with E-state index in [1.54, 1.807) is 0 Å². The lowest BCUT2D eigenvalue weighted by molar-refractivity contribution is -0.384. The third-order valence-electron chi connectivity index (χ3n) is 3.16. The summed E-state index contributed by atoms with van der Waals surface area (Å²) >= 11 is 0. The van der Waals surface area contributed by atoms with Gasteiger partial charge < -0.3 is 13.6 Å². The number of nitro groups is 1. The maximum absolute atomic E-state index is 11.0. The Morgan fingerprint density at radius 2 is 1.92 bits per heavy atom. The Kier molecular flexibility index (Phi) is 4.62. The zero-order chi connectivity index (χ0) is 17.6. The van der Waals surface area contributed by atoms with Crippen molar-refractivity contribution in [1.82, 2.24) is 0 Å². The number of nitrogens with zero attached hydrogens (tertiary/aromatic N) is 1. The number of hydrogen-bond acceptors (Lipinski definition) is 6. The van der Waals surface area contributed by atoms with Crippen molar-refractivity contribution in [2.24, 2.45) is 0 Å². The summed E-state index contributed by atoms with van der Waals surface area (Å²) < 4.78 is 14.8. The van der Waals surface area contributed by atoms with Crippen LogP contribution in [0.5, 0.6) is 5.75 Å². The van der Waals surface area contributed by atoms with Gasteiger partial charge in [-0.25, -0.2) is 4.79 Å². The molecule has 124 valence electrons. The standard InChI is InChI=1S/C18H11NO6/c20-18-24-12-16(25-18)11-23-17-9-8-15(19(21)22)10-14(17)7-6-13-4-2-1-3-5-13/h1-5,8-10,12H,11H2. The second kappa shape index (κ2) is 7.19. The molecule has 0 fully saturated rings. The van der Waals surface area contributed by atoms with Crippen molar-refractivity contribution in [2.75, 3.05) is 0 Å². The van der Waals surface area contributed by atoms with Gasteiger partial charge in [0.1, 0.15) is 18.6 Å². The van der Waals surface area contributed by atoms with Gasteiger partial charge >= 0.3 is 5.82 Å². The van der Waals surface area contributed by atoms with Gasteiger partial charge in [-0.1, -0.05) is 30.0 Å². The van der Waals surface area contributed by atoms with E-state index in [-0.39, 0.29) is 18.1 Å². The lowest BCUT2D eigenvalue weighted by Gasteiger charge is -2.06. The molecule has 0 atom stereocenters. The molecule has 0 saturated heterocycles. The van der Waals surface area contributed by atoms with E-state index in [0.29, 0.717) is 11.3 Å². The van der Waals surface area contributed by atoms with Gasteiger partial charge in [0.25, 0.3) is 5.69 Å². The number of non-ortho nitro benzene ring substituents is 1. The maximum atomic E-state index is 11.0. The molecule has 0 amide bonds. The van der Waals surface area contributed by atoms with E-state index in [9.17, 15) is 14.9 Å². The lowest BCUT2D eigenvalue weighted by Crippen LogP contribution is -1.98. The van der Waals surface area contributed by atoms with Crippen molar-refractivity contribution < 1.29 is 18.5 Å². The molecule has 0 bridgehead atoms. The topological polar surface area (TPSA) is 95.7 Å². The summed E-state index contributed by atoms with van der Waals surface area (Å²) in [7, 11) is 0. The molecule has 2 aromatic carbocycles. The van der Waals surface area contributed by atoms with Crippen molar-refractivity contribution >= 4 is 5.69 Å².